The van der Waals surface area contributed by atoms with Gasteiger partial charge >= 0.3 is 5.97 Å². The highest BCUT2D eigenvalue weighted by molar-refractivity contribution is 5.94. The second-order valence-corrected chi connectivity index (χ2v) is 5.69. The number of carbonyl (C=O) groups excluding carboxylic acids is 2. The molecule has 1 atom stereocenters. The second kappa shape index (κ2) is 5.40. The molecule has 1 heterocycles. The van der Waals surface area contributed by atoms with Crippen molar-refractivity contribution in [3.05, 3.63) is 53.9 Å². The third-order valence-corrected chi connectivity index (χ3v) is 4.16. The zero-order valence-electron chi connectivity index (χ0n) is 12.7. The standard InChI is InChI=1S/C17H18N2O3/c1-12(14-6-4-3-5-7-14)19-15(8-11-18-19)16(21)22-17(9-10-17)13(2)20/h3-8,11-12H,9-10H2,1-2H3/t12-/m1/s1. The Morgan fingerprint density at radius 2 is 1.91 bits per heavy atom. The third kappa shape index (κ3) is 2.54. The first kappa shape index (κ1) is 14.5. The molecule has 1 aliphatic rings. The number of esters is 1. The minimum absolute atomic E-state index is 0.0915. The van der Waals surface area contributed by atoms with Crippen LogP contribution in [0.25, 0.3) is 0 Å². The Morgan fingerprint density at radius 3 is 2.50 bits per heavy atom. The molecule has 2 aromatic rings. The molecule has 3 rings (SSSR count). The Bertz CT molecular complexity index is 702. The Kier molecular flexibility index (Phi) is 3.56. The molecule has 0 amide bonds. The van der Waals surface area contributed by atoms with Crippen molar-refractivity contribution in [2.45, 2.75) is 38.3 Å². The van der Waals surface area contributed by atoms with Crippen molar-refractivity contribution in [1.82, 2.24) is 9.78 Å². The highest BCUT2D eigenvalue weighted by Gasteiger charge is 2.52. The van der Waals surface area contributed by atoms with Crippen LogP contribution in [0.15, 0.2) is 42.6 Å². The quantitative estimate of drug-likeness (QED) is 0.796. The number of hydrogen-bond acceptors (Lipinski definition) is 4. The fourth-order valence-corrected chi connectivity index (χ4v) is 2.53. The summed E-state index contributed by atoms with van der Waals surface area (Å²) in [6.45, 7) is 3.43. The summed E-state index contributed by atoms with van der Waals surface area (Å²) in [7, 11) is 0. The van der Waals surface area contributed by atoms with Gasteiger partial charge in [-0.2, -0.15) is 5.10 Å². The van der Waals surface area contributed by atoms with E-state index in [0.29, 0.717) is 18.5 Å². The van der Waals surface area contributed by atoms with Crippen LogP contribution in [-0.2, 0) is 9.53 Å². The van der Waals surface area contributed by atoms with E-state index in [9.17, 15) is 9.59 Å². The minimum atomic E-state index is -0.901. The topological polar surface area (TPSA) is 61.2 Å². The van der Waals surface area contributed by atoms with Gasteiger partial charge in [-0.1, -0.05) is 30.3 Å². The summed E-state index contributed by atoms with van der Waals surface area (Å²) in [6, 6.07) is 11.3. The van der Waals surface area contributed by atoms with E-state index in [1.165, 1.54) is 6.92 Å². The Morgan fingerprint density at radius 1 is 1.23 bits per heavy atom. The summed E-state index contributed by atoms with van der Waals surface area (Å²) in [4.78, 5) is 24.0. The SMILES string of the molecule is CC(=O)C1(OC(=O)c2ccnn2[C@H](C)c2ccccc2)CC1. The lowest BCUT2D eigenvalue weighted by molar-refractivity contribution is -0.127. The molecule has 1 fully saturated rings. The molecule has 0 saturated heterocycles. The van der Waals surface area contributed by atoms with Crippen LogP contribution in [0.3, 0.4) is 0 Å². The molecule has 114 valence electrons. The van der Waals surface area contributed by atoms with Gasteiger partial charge in [0.2, 0.25) is 0 Å². The minimum Gasteiger partial charge on any atom is -0.446 e. The van der Waals surface area contributed by atoms with Crippen LogP contribution in [0, 0.1) is 0 Å². The monoisotopic (exact) mass is 298 g/mol. The molecule has 1 saturated carbocycles. The molecule has 1 aliphatic carbocycles. The summed E-state index contributed by atoms with van der Waals surface area (Å²) in [5.74, 6) is -0.587. The van der Waals surface area contributed by atoms with Gasteiger partial charge in [0, 0.05) is 6.20 Å². The number of nitrogens with zero attached hydrogens (tertiary/aromatic N) is 2. The number of ether oxygens (including phenoxy) is 1. The number of rotatable bonds is 5. The van der Waals surface area contributed by atoms with Crippen LogP contribution in [0.2, 0.25) is 0 Å². The van der Waals surface area contributed by atoms with Crippen molar-refractivity contribution < 1.29 is 14.3 Å². The molecule has 0 bridgehead atoms. The zero-order valence-corrected chi connectivity index (χ0v) is 12.7. The molecular formula is C17H18N2O3. The largest absolute Gasteiger partial charge is 0.446 e. The number of ketones is 1. The number of carbonyl (C=O) groups is 2. The zero-order chi connectivity index (χ0) is 15.7. The van der Waals surface area contributed by atoms with E-state index in [2.05, 4.69) is 5.10 Å². The van der Waals surface area contributed by atoms with Gasteiger partial charge in [-0.3, -0.25) is 9.48 Å². The molecular weight excluding hydrogens is 280 g/mol. The maximum atomic E-state index is 12.4. The smallest absolute Gasteiger partial charge is 0.357 e. The van der Waals surface area contributed by atoms with Gasteiger partial charge in [-0.05, 0) is 38.3 Å². The first-order valence-electron chi connectivity index (χ1n) is 7.36. The van der Waals surface area contributed by atoms with Gasteiger partial charge in [0.15, 0.2) is 11.4 Å². The number of hydrogen-bond donors (Lipinski definition) is 0. The van der Waals surface area contributed by atoms with Crippen LogP contribution in [0.1, 0.15) is 48.8 Å². The normalized spacial score (nSPS) is 16.8. The lowest BCUT2D eigenvalue weighted by Gasteiger charge is -2.17. The average Bonchev–Trinajstić information content (AvgIpc) is 3.14. The third-order valence-electron chi connectivity index (χ3n) is 4.16. The lowest BCUT2D eigenvalue weighted by atomic mass is 10.1. The maximum Gasteiger partial charge on any atom is 0.357 e. The van der Waals surface area contributed by atoms with E-state index in [1.807, 2.05) is 37.3 Å². The molecule has 1 aromatic carbocycles. The van der Waals surface area contributed by atoms with Gasteiger partial charge in [0.05, 0.1) is 6.04 Å². The number of aromatic nitrogens is 2. The maximum absolute atomic E-state index is 12.4. The van der Waals surface area contributed by atoms with Gasteiger partial charge in [0.25, 0.3) is 0 Å². The molecule has 0 N–H and O–H groups in total. The van der Waals surface area contributed by atoms with E-state index in [0.717, 1.165) is 5.56 Å². The fourth-order valence-electron chi connectivity index (χ4n) is 2.53. The van der Waals surface area contributed by atoms with Crippen LogP contribution < -0.4 is 0 Å². The van der Waals surface area contributed by atoms with Crippen molar-refractivity contribution in [1.29, 1.82) is 0 Å². The lowest BCUT2D eigenvalue weighted by Crippen LogP contribution is -2.29. The van der Waals surface area contributed by atoms with E-state index in [4.69, 9.17) is 4.74 Å². The van der Waals surface area contributed by atoms with Crippen LogP contribution in [-0.4, -0.2) is 27.1 Å². The van der Waals surface area contributed by atoms with Crippen molar-refractivity contribution in [2.75, 3.05) is 0 Å². The predicted octanol–water partition coefficient (Wildman–Crippen LogP) is 2.77. The molecule has 5 heteroatoms. The predicted molar refractivity (Wildman–Crippen MR) is 80.5 cm³/mol. The van der Waals surface area contributed by atoms with E-state index in [1.54, 1.807) is 16.9 Å². The van der Waals surface area contributed by atoms with Crippen LogP contribution in [0.4, 0.5) is 0 Å². The highest BCUT2D eigenvalue weighted by atomic mass is 16.6. The molecule has 0 spiro atoms. The van der Waals surface area contributed by atoms with Gasteiger partial charge < -0.3 is 4.74 Å². The van der Waals surface area contributed by atoms with Crippen molar-refractivity contribution >= 4 is 11.8 Å². The number of Topliss-reactive ketones (excluding diaryl/α,β-unsaturated/α-hetero) is 1. The molecule has 0 unspecified atom stereocenters. The summed E-state index contributed by atoms with van der Waals surface area (Å²) in [5, 5.41) is 4.24. The van der Waals surface area contributed by atoms with Crippen LogP contribution >= 0.6 is 0 Å². The first-order valence-corrected chi connectivity index (χ1v) is 7.36. The van der Waals surface area contributed by atoms with E-state index >= 15 is 0 Å². The average molecular weight is 298 g/mol. The molecule has 22 heavy (non-hydrogen) atoms. The van der Waals surface area contributed by atoms with Gasteiger partial charge in [-0.15, -0.1) is 0 Å². The molecule has 1 aromatic heterocycles. The van der Waals surface area contributed by atoms with Crippen molar-refractivity contribution in [3.63, 3.8) is 0 Å². The summed E-state index contributed by atoms with van der Waals surface area (Å²) < 4.78 is 7.06. The Labute approximate surface area is 128 Å². The van der Waals surface area contributed by atoms with Gasteiger partial charge in [0.1, 0.15) is 5.69 Å². The summed E-state index contributed by atoms with van der Waals surface area (Å²) >= 11 is 0. The summed E-state index contributed by atoms with van der Waals surface area (Å²) in [5.41, 5.74) is 0.513. The Hall–Kier alpha value is -2.43. The first-order chi connectivity index (χ1) is 10.5. The second-order valence-electron chi connectivity index (χ2n) is 5.69. The summed E-state index contributed by atoms with van der Waals surface area (Å²) in [6.07, 6.45) is 2.79. The van der Waals surface area contributed by atoms with Crippen LogP contribution in [0.5, 0.6) is 0 Å². The fraction of sp³-hybridized carbons (Fsp3) is 0.353. The molecule has 0 radical (unpaired) electrons. The highest BCUT2D eigenvalue weighted by Crippen LogP contribution is 2.41. The number of benzene rings is 1. The Balaban J connectivity index is 1.83. The van der Waals surface area contributed by atoms with E-state index < -0.39 is 11.6 Å². The van der Waals surface area contributed by atoms with E-state index in [-0.39, 0.29) is 11.8 Å². The van der Waals surface area contributed by atoms with Crippen molar-refractivity contribution in [2.24, 2.45) is 0 Å². The molecule has 0 aliphatic heterocycles. The van der Waals surface area contributed by atoms with Crippen molar-refractivity contribution in [3.8, 4) is 0 Å². The molecule has 5 nitrogen and oxygen atoms in total. The van der Waals surface area contributed by atoms with Gasteiger partial charge in [-0.25, -0.2) is 4.79 Å².